The number of hydrogen-bond donors (Lipinski definition) is 0. The molecule has 1 aromatic rings. The van der Waals surface area contributed by atoms with Crippen molar-refractivity contribution in [1.29, 1.82) is 0 Å². The fourth-order valence-electron chi connectivity index (χ4n) is 0.767. The summed E-state index contributed by atoms with van der Waals surface area (Å²) >= 11 is 5.39. The van der Waals surface area contributed by atoms with Crippen molar-refractivity contribution in [2.24, 2.45) is 0 Å². The van der Waals surface area contributed by atoms with Crippen LogP contribution in [0.2, 0.25) is 5.15 Å². The Morgan fingerprint density at radius 2 is 2.29 bits per heavy atom. The molecule has 0 unspecified atom stereocenters. The van der Waals surface area contributed by atoms with E-state index in [4.69, 9.17) is 11.6 Å². The standard InChI is InChI=1S/C7H3ClN2O4/c8-7-5(10(13)14)1-4(2-9-7)6(12)3-11/h1-3H. The highest BCUT2D eigenvalue weighted by atomic mass is 35.5. The first-order valence-electron chi connectivity index (χ1n) is 3.35. The molecule has 14 heavy (non-hydrogen) atoms. The Morgan fingerprint density at radius 1 is 1.64 bits per heavy atom. The molecule has 0 spiro atoms. The van der Waals surface area contributed by atoms with E-state index in [-0.39, 0.29) is 17.0 Å². The summed E-state index contributed by atoms with van der Waals surface area (Å²) in [7, 11) is 0. The number of hydrogen-bond acceptors (Lipinski definition) is 5. The van der Waals surface area contributed by atoms with Gasteiger partial charge in [-0.2, -0.15) is 0 Å². The van der Waals surface area contributed by atoms with E-state index < -0.39 is 16.4 Å². The summed E-state index contributed by atoms with van der Waals surface area (Å²) in [5.74, 6) is -0.878. The van der Waals surface area contributed by atoms with E-state index in [2.05, 4.69) is 4.98 Å². The van der Waals surface area contributed by atoms with Gasteiger partial charge in [-0.25, -0.2) is 4.98 Å². The number of rotatable bonds is 3. The van der Waals surface area contributed by atoms with Crippen molar-refractivity contribution in [2.75, 3.05) is 0 Å². The summed E-state index contributed by atoms with van der Waals surface area (Å²) in [5, 5.41) is 10.0. The topological polar surface area (TPSA) is 90.2 Å². The summed E-state index contributed by atoms with van der Waals surface area (Å²) in [6.45, 7) is 0. The molecule has 0 saturated heterocycles. The van der Waals surface area contributed by atoms with E-state index in [1.54, 1.807) is 0 Å². The quantitative estimate of drug-likeness (QED) is 0.187. The summed E-state index contributed by atoms with van der Waals surface area (Å²) in [5.41, 5.74) is -0.657. The number of halogens is 1. The molecular weight excluding hydrogens is 212 g/mol. The van der Waals surface area contributed by atoms with Gasteiger partial charge in [-0.15, -0.1) is 0 Å². The van der Waals surface area contributed by atoms with Crippen molar-refractivity contribution >= 4 is 29.4 Å². The number of pyridine rings is 1. The second kappa shape index (κ2) is 3.93. The highest BCUT2D eigenvalue weighted by Gasteiger charge is 2.16. The maximum Gasteiger partial charge on any atom is 0.307 e. The Hall–Kier alpha value is -1.82. The lowest BCUT2D eigenvalue weighted by molar-refractivity contribution is -0.385. The molecule has 1 aromatic heterocycles. The molecule has 1 rings (SSSR count). The Morgan fingerprint density at radius 3 is 2.79 bits per heavy atom. The maximum absolute atomic E-state index is 10.8. The molecule has 0 saturated carbocycles. The van der Waals surface area contributed by atoms with Crippen LogP contribution in [0, 0.1) is 10.1 Å². The van der Waals surface area contributed by atoms with E-state index >= 15 is 0 Å². The van der Waals surface area contributed by atoms with Crippen molar-refractivity contribution in [3.8, 4) is 0 Å². The first kappa shape index (κ1) is 10.3. The van der Waals surface area contributed by atoms with Gasteiger partial charge in [0.05, 0.1) is 10.5 Å². The van der Waals surface area contributed by atoms with Gasteiger partial charge >= 0.3 is 5.69 Å². The zero-order valence-corrected chi connectivity index (χ0v) is 7.39. The number of carbonyl (C=O) groups excluding carboxylic acids is 2. The minimum atomic E-state index is -0.878. The maximum atomic E-state index is 10.8. The third-order valence-corrected chi connectivity index (χ3v) is 1.70. The molecule has 0 aromatic carbocycles. The summed E-state index contributed by atoms with van der Waals surface area (Å²) < 4.78 is 0. The fraction of sp³-hybridized carbons (Fsp3) is 0. The zero-order valence-electron chi connectivity index (χ0n) is 6.64. The van der Waals surface area contributed by atoms with Gasteiger partial charge in [-0.3, -0.25) is 19.7 Å². The number of Topliss-reactive ketones (excluding diaryl/α,β-unsaturated/α-hetero) is 1. The lowest BCUT2D eigenvalue weighted by Crippen LogP contribution is -2.02. The number of carbonyl (C=O) groups is 2. The van der Waals surface area contributed by atoms with Crippen molar-refractivity contribution < 1.29 is 14.5 Å². The van der Waals surface area contributed by atoms with Crippen LogP contribution in [0.25, 0.3) is 0 Å². The van der Waals surface area contributed by atoms with Crippen LogP contribution in [0.1, 0.15) is 10.4 Å². The Bertz CT molecular complexity index is 418. The zero-order chi connectivity index (χ0) is 10.7. The van der Waals surface area contributed by atoms with E-state index in [0.29, 0.717) is 0 Å². The molecule has 0 bridgehead atoms. The smallest absolute Gasteiger partial charge is 0.294 e. The monoisotopic (exact) mass is 214 g/mol. The normalized spacial score (nSPS) is 9.50. The van der Waals surface area contributed by atoms with Crippen LogP contribution in [-0.4, -0.2) is 22.0 Å². The van der Waals surface area contributed by atoms with Crippen LogP contribution >= 0.6 is 11.6 Å². The highest BCUT2D eigenvalue weighted by molar-refractivity contribution is 6.34. The van der Waals surface area contributed by atoms with Gasteiger partial charge < -0.3 is 0 Å². The molecule has 0 aliphatic heterocycles. The predicted molar refractivity (Wildman–Crippen MR) is 46.3 cm³/mol. The number of aldehydes is 1. The minimum Gasteiger partial charge on any atom is -0.294 e. The Kier molecular flexibility index (Phi) is 2.88. The van der Waals surface area contributed by atoms with Gasteiger partial charge in [0, 0.05) is 12.3 Å². The molecule has 0 amide bonds. The predicted octanol–water partition coefficient (Wildman–Crippen LogP) is 1.02. The lowest BCUT2D eigenvalue weighted by Gasteiger charge is -1.95. The summed E-state index contributed by atoms with van der Waals surface area (Å²) in [6.07, 6.45) is 1.06. The van der Waals surface area contributed by atoms with Crippen LogP contribution in [0.15, 0.2) is 12.3 Å². The molecule has 0 fully saturated rings. The highest BCUT2D eigenvalue weighted by Crippen LogP contribution is 2.22. The SMILES string of the molecule is O=CC(=O)c1cnc(Cl)c([N+](=O)[O-])c1. The van der Waals surface area contributed by atoms with Gasteiger partial charge in [-0.1, -0.05) is 11.6 Å². The molecule has 0 N–H and O–H groups in total. The van der Waals surface area contributed by atoms with E-state index in [0.717, 1.165) is 12.3 Å². The van der Waals surface area contributed by atoms with E-state index in [9.17, 15) is 19.7 Å². The van der Waals surface area contributed by atoms with Gasteiger partial charge in [0.2, 0.25) is 10.9 Å². The number of aromatic nitrogens is 1. The minimum absolute atomic E-state index is 0.0502. The number of nitro groups is 1. The van der Waals surface area contributed by atoms with Crippen LogP contribution in [-0.2, 0) is 4.79 Å². The third kappa shape index (κ3) is 1.91. The third-order valence-electron chi connectivity index (χ3n) is 1.41. The van der Waals surface area contributed by atoms with Gasteiger partial charge in [0.1, 0.15) is 0 Å². The average Bonchev–Trinajstić information content (AvgIpc) is 2.17. The second-order valence-corrected chi connectivity index (χ2v) is 2.63. The van der Waals surface area contributed by atoms with Crippen LogP contribution in [0.3, 0.4) is 0 Å². The molecule has 0 aliphatic carbocycles. The van der Waals surface area contributed by atoms with Crippen molar-refractivity contribution in [1.82, 2.24) is 4.98 Å². The molecule has 0 aliphatic rings. The number of ketones is 1. The average molecular weight is 215 g/mol. The first-order chi connectivity index (χ1) is 6.56. The summed E-state index contributed by atoms with van der Waals surface area (Å²) in [6, 6.07) is 0.909. The van der Waals surface area contributed by atoms with Crippen molar-refractivity contribution in [3.05, 3.63) is 33.1 Å². The van der Waals surface area contributed by atoms with Gasteiger partial charge in [-0.05, 0) is 0 Å². The molecule has 0 atom stereocenters. The Labute approximate surface area is 82.7 Å². The van der Waals surface area contributed by atoms with Crippen LogP contribution in [0.5, 0.6) is 0 Å². The van der Waals surface area contributed by atoms with Crippen LogP contribution in [0.4, 0.5) is 5.69 Å². The van der Waals surface area contributed by atoms with Gasteiger partial charge in [0.25, 0.3) is 0 Å². The van der Waals surface area contributed by atoms with E-state index in [1.165, 1.54) is 0 Å². The van der Waals surface area contributed by atoms with E-state index in [1.807, 2.05) is 0 Å². The lowest BCUT2D eigenvalue weighted by atomic mass is 10.2. The molecule has 7 heteroatoms. The molecule has 72 valence electrons. The Balaban J connectivity index is 3.25. The molecule has 0 radical (unpaired) electrons. The fourth-order valence-corrected chi connectivity index (χ4v) is 0.940. The molecule has 1 heterocycles. The largest absolute Gasteiger partial charge is 0.307 e. The van der Waals surface area contributed by atoms with Crippen LogP contribution < -0.4 is 0 Å². The second-order valence-electron chi connectivity index (χ2n) is 2.27. The molecule has 6 nitrogen and oxygen atoms in total. The van der Waals surface area contributed by atoms with Gasteiger partial charge in [0.15, 0.2) is 6.29 Å². The first-order valence-corrected chi connectivity index (χ1v) is 3.73. The summed E-state index contributed by atoms with van der Waals surface area (Å²) in [4.78, 5) is 33.9. The molecular formula is C7H3ClN2O4. The van der Waals surface area contributed by atoms with Crippen molar-refractivity contribution in [3.63, 3.8) is 0 Å². The number of nitrogens with zero attached hydrogens (tertiary/aromatic N) is 2. The van der Waals surface area contributed by atoms with Crippen molar-refractivity contribution in [2.45, 2.75) is 0 Å².